The Labute approximate surface area is 95.4 Å². The zero-order chi connectivity index (χ0) is 10.7. The van der Waals surface area contributed by atoms with E-state index in [4.69, 9.17) is 22.7 Å². The van der Waals surface area contributed by atoms with Crippen LogP contribution in [0.1, 0.15) is 24.8 Å². The summed E-state index contributed by atoms with van der Waals surface area (Å²) in [6.07, 6.45) is 3.91. The van der Waals surface area contributed by atoms with Crippen molar-refractivity contribution in [2.75, 3.05) is 6.61 Å². The van der Waals surface area contributed by atoms with Gasteiger partial charge >= 0.3 is 0 Å². The first-order chi connectivity index (χ1) is 7.25. The Balaban J connectivity index is 1.88. The van der Waals surface area contributed by atoms with Gasteiger partial charge < -0.3 is 10.5 Å². The standard InChI is InChI=1S/C12H15NOS/c13-12(15)10-2-1-3-11(8-10)14-7-6-9-4-5-9/h1-3,8-9H,4-7H2,(H2,13,15). The smallest absolute Gasteiger partial charge is 0.119 e. The van der Waals surface area contributed by atoms with Gasteiger partial charge in [0, 0.05) is 5.56 Å². The Kier molecular flexibility index (Phi) is 3.21. The minimum absolute atomic E-state index is 0.419. The fourth-order valence-corrected chi connectivity index (χ4v) is 1.62. The molecule has 1 aliphatic rings. The highest BCUT2D eigenvalue weighted by Gasteiger charge is 2.20. The summed E-state index contributed by atoms with van der Waals surface area (Å²) in [5.41, 5.74) is 6.41. The molecule has 1 aromatic rings. The van der Waals surface area contributed by atoms with Gasteiger partial charge in [0.05, 0.1) is 6.61 Å². The van der Waals surface area contributed by atoms with Crippen LogP contribution in [-0.4, -0.2) is 11.6 Å². The molecule has 1 saturated carbocycles. The van der Waals surface area contributed by atoms with Crippen molar-refractivity contribution >= 4 is 17.2 Å². The first-order valence-electron chi connectivity index (χ1n) is 5.28. The Morgan fingerprint density at radius 1 is 1.47 bits per heavy atom. The van der Waals surface area contributed by atoms with E-state index in [0.29, 0.717) is 4.99 Å². The van der Waals surface area contributed by atoms with Gasteiger partial charge in [0.15, 0.2) is 0 Å². The zero-order valence-electron chi connectivity index (χ0n) is 8.61. The van der Waals surface area contributed by atoms with E-state index in [-0.39, 0.29) is 0 Å². The van der Waals surface area contributed by atoms with Crippen LogP contribution in [0.4, 0.5) is 0 Å². The summed E-state index contributed by atoms with van der Waals surface area (Å²) >= 11 is 4.91. The molecule has 15 heavy (non-hydrogen) atoms. The van der Waals surface area contributed by atoms with Gasteiger partial charge in [-0.3, -0.25) is 0 Å². The molecule has 2 rings (SSSR count). The van der Waals surface area contributed by atoms with Crippen LogP contribution in [0.2, 0.25) is 0 Å². The third kappa shape index (κ3) is 3.20. The molecule has 0 bridgehead atoms. The molecule has 0 aliphatic heterocycles. The summed E-state index contributed by atoms with van der Waals surface area (Å²) in [6.45, 7) is 0.797. The number of nitrogens with two attached hydrogens (primary N) is 1. The van der Waals surface area contributed by atoms with Gasteiger partial charge in [0.1, 0.15) is 10.7 Å². The molecular formula is C12H15NOS. The van der Waals surface area contributed by atoms with E-state index in [1.165, 1.54) is 12.8 Å². The molecule has 2 N–H and O–H groups in total. The molecule has 1 aliphatic carbocycles. The molecule has 2 nitrogen and oxygen atoms in total. The van der Waals surface area contributed by atoms with Crippen LogP contribution in [-0.2, 0) is 0 Å². The molecule has 0 aromatic heterocycles. The van der Waals surface area contributed by atoms with Crippen molar-refractivity contribution in [3.05, 3.63) is 29.8 Å². The van der Waals surface area contributed by atoms with Gasteiger partial charge in [0.2, 0.25) is 0 Å². The number of hydrogen-bond acceptors (Lipinski definition) is 2. The van der Waals surface area contributed by atoms with Gasteiger partial charge in [-0.15, -0.1) is 0 Å². The van der Waals surface area contributed by atoms with Gasteiger partial charge in [0.25, 0.3) is 0 Å². The summed E-state index contributed by atoms with van der Waals surface area (Å²) in [5, 5.41) is 0. The van der Waals surface area contributed by atoms with Crippen molar-refractivity contribution in [2.45, 2.75) is 19.3 Å². The van der Waals surface area contributed by atoms with Crippen LogP contribution in [0.15, 0.2) is 24.3 Å². The monoisotopic (exact) mass is 221 g/mol. The molecule has 0 unspecified atom stereocenters. The van der Waals surface area contributed by atoms with Crippen LogP contribution in [0.3, 0.4) is 0 Å². The van der Waals surface area contributed by atoms with E-state index in [1.807, 2.05) is 24.3 Å². The number of thiocarbonyl (C=S) groups is 1. The maximum Gasteiger partial charge on any atom is 0.119 e. The zero-order valence-corrected chi connectivity index (χ0v) is 9.43. The number of rotatable bonds is 5. The largest absolute Gasteiger partial charge is 0.494 e. The van der Waals surface area contributed by atoms with E-state index < -0.39 is 0 Å². The average molecular weight is 221 g/mol. The molecule has 1 aromatic carbocycles. The van der Waals surface area contributed by atoms with Crippen molar-refractivity contribution in [1.82, 2.24) is 0 Å². The molecule has 0 atom stereocenters. The lowest BCUT2D eigenvalue weighted by atomic mass is 10.2. The summed E-state index contributed by atoms with van der Waals surface area (Å²) in [6, 6.07) is 7.65. The van der Waals surface area contributed by atoms with E-state index in [1.54, 1.807) is 0 Å². The molecule has 0 radical (unpaired) electrons. The molecule has 1 fully saturated rings. The quantitative estimate of drug-likeness (QED) is 0.776. The predicted octanol–water partition coefficient (Wildman–Crippen LogP) is 2.50. The van der Waals surface area contributed by atoms with E-state index >= 15 is 0 Å². The second kappa shape index (κ2) is 4.62. The van der Waals surface area contributed by atoms with Crippen molar-refractivity contribution < 1.29 is 4.74 Å². The first-order valence-corrected chi connectivity index (χ1v) is 5.69. The fraction of sp³-hybridized carbons (Fsp3) is 0.417. The second-order valence-corrected chi connectivity index (χ2v) is 4.41. The predicted molar refractivity (Wildman–Crippen MR) is 65.2 cm³/mol. The highest BCUT2D eigenvalue weighted by Crippen LogP contribution is 2.32. The minimum atomic E-state index is 0.419. The molecule has 3 heteroatoms. The van der Waals surface area contributed by atoms with Crippen molar-refractivity contribution in [1.29, 1.82) is 0 Å². The highest BCUT2D eigenvalue weighted by atomic mass is 32.1. The average Bonchev–Trinajstić information content (AvgIpc) is 3.02. The number of benzene rings is 1. The first kappa shape index (κ1) is 10.4. The van der Waals surface area contributed by atoms with Crippen LogP contribution >= 0.6 is 12.2 Å². The molecule has 80 valence electrons. The number of ether oxygens (including phenoxy) is 1. The minimum Gasteiger partial charge on any atom is -0.494 e. The lowest BCUT2D eigenvalue weighted by molar-refractivity contribution is 0.302. The maximum absolute atomic E-state index is 5.63. The Morgan fingerprint density at radius 3 is 2.93 bits per heavy atom. The molecular weight excluding hydrogens is 206 g/mol. The molecule has 0 saturated heterocycles. The molecule has 0 amide bonds. The lowest BCUT2D eigenvalue weighted by Crippen LogP contribution is -2.09. The van der Waals surface area contributed by atoms with Crippen LogP contribution < -0.4 is 10.5 Å². The van der Waals surface area contributed by atoms with Crippen molar-refractivity contribution in [3.8, 4) is 5.75 Å². The third-order valence-corrected chi connectivity index (χ3v) is 2.85. The van der Waals surface area contributed by atoms with Gasteiger partial charge in [-0.05, 0) is 24.5 Å². The Hall–Kier alpha value is -1.09. The maximum atomic E-state index is 5.63. The number of hydrogen-bond donors (Lipinski definition) is 1. The van der Waals surface area contributed by atoms with E-state index in [9.17, 15) is 0 Å². The second-order valence-electron chi connectivity index (χ2n) is 3.97. The third-order valence-electron chi connectivity index (χ3n) is 2.61. The molecule has 0 spiro atoms. The summed E-state index contributed by atoms with van der Waals surface area (Å²) in [4.78, 5) is 0.419. The molecule has 0 heterocycles. The van der Waals surface area contributed by atoms with E-state index in [2.05, 4.69) is 0 Å². The lowest BCUT2D eigenvalue weighted by Gasteiger charge is -2.06. The summed E-state index contributed by atoms with van der Waals surface area (Å²) in [7, 11) is 0. The SMILES string of the molecule is NC(=S)c1cccc(OCCC2CC2)c1. The van der Waals surface area contributed by atoms with Gasteiger partial charge in [-0.2, -0.15) is 0 Å². The summed E-state index contributed by atoms with van der Waals surface area (Å²) in [5.74, 6) is 1.77. The van der Waals surface area contributed by atoms with Gasteiger partial charge in [-0.1, -0.05) is 37.2 Å². The summed E-state index contributed by atoms with van der Waals surface area (Å²) < 4.78 is 5.63. The normalized spacial score (nSPS) is 14.9. The highest BCUT2D eigenvalue weighted by molar-refractivity contribution is 7.80. The Bertz CT molecular complexity index is 360. The van der Waals surface area contributed by atoms with Crippen molar-refractivity contribution in [3.63, 3.8) is 0 Å². The Morgan fingerprint density at radius 2 is 2.27 bits per heavy atom. The topological polar surface area (TPSA) is 35.2 Å². The van der Waals surface area contributed by atoms with Crippen LogP contribution in [0.5, 0.6) is 5.75 Å². The van der Waals surface area contributed by atoms with Crippen LogP contribution in [0, 0.1) is 5.92 Å². The van der Waals surface area contributed by atoms with Crippen LogP contribution in [0.25, 0.3) is 0 Å². The fourth-order valence-electron chi connectivity index (χ4n) is 1.49. The van der Waals surface area contributed by atoms with E-state index in [0.717, 1.165) is 30.3 Å². The van der Waals surface area contributed by atoms with Gasteiger partial charge in [-0.25, -0.2) is 0 Å². The van der Waals surface area contributed by atoms with Crippen molar-refractivity contribution in [2.24, 2.45) is 11.7 Å².